The Labute approximate surface area is 132 Å². The fourth-order valence-corrected chi connectivity index (χ4v) is 3.49. The highest BCUT2D eigenvalue weighted by Crippen LogP contribution is 2.27. The average molecular weight is 355 g/mol. The topological polar surface area (TPSA) is 69.6 Å². The van der Waals surface area contributed by atoms with Gasteiger partial charge in [0, 0.05) is 22.7 Å². The molecule has 2 N–H and O–H groups in total. The zero-order valence-corrected chi connectivity index (χ0v) is 13.7. The van der Waals surface area contributed by atoms with Crippen molar-refractivity contribution < 1.29 is 14.7 Å². The van der Waals surface area contributed by atoms with Gasteiger partial charge in [-0.05, 0) is 49.9 Å². The van der Waals surface area contributed by atoms with E-state index in [4.69, 9.17) is 5.11 Å². The number of likely N-dealkylation sites (tertiary alicyclic amines) is 1. The summed E-state index contributed by atoms with van der Waals surface area (Å²) in [4.78, 5) is 24.9. The number of halogens is 1. The molecule has 1 aliphatic rings. The molecule has 2 rings (SSSR count). The fourth-order valence-electron chi connectivity index (χ4n) is 2.80. The Hall–Kier alpha value is -1.56. The van der Waals surface area contributed by atoms with E-state index in [1.807, 2.05) is 26.0 Å². The maximum absolute atomic E-state index is 12.4. The molecule has 0 bridgehead atoms. The highest BCUT2D eigenvalue weighted by atomic mass is 79.9. The molecule has 114 valence electrons. The summed E-state index contributed by atoms with van der Waals surface area (Å²) in [6.45, 7) is 4.48. The molecule has 5 nitrogen and oxygen atoms in total. The van der Waals surface area contributed by atoms with Gasteiger partial charge in [-0.3, -0.25) is 4.79 Å². The Morgan fingerprint density at radius 2 is 2.00 bits per heavy atom. The number of benzene rings is 1. The second-order valence-electron chi connectivity index (χ2n) is 5.43. The van der Waals surface area contributed by atoms with Gasteiger partial charge in [0.2, 0.25) is 0 Å². The van der Waals surface area contributed by atoms with Crippen LogP contribution in [0.2, 0.25) is 0 Å². The van der Waals surface area contributed by atoms with Crippen LogP contribution in [0, 0.1) is 13.8 Å². The predicted octanol–water partition coefficient (Wildman–Crippen LogP) is 3.54. The Balaban J connectivity index is 2.13. The summed E-state index contributed by atoms with van der Waals surface area (Å²) in [5, 5.41) is 11.8. The number of carbonyl (C=O) groups is 2. The van der Waals surface area contributed by atoms with Crippen LogP contribution in [-0.4, -0.2) is 34.6 Å². The SMILES string of the molecule is Cc1cc(Br)cc(C)c1NC(=O)N1CCCC1CC(=O)O. The van der Waals surface area contributed by atoms with Crippen LogP contribution >= 0.6 is 15.9 Å². The largest absolute Gasteiger partial charge is 0.481 e. The summed E-state index contributed by atoms with van der Waals surface area (Å²) < 4.78 is 0.973. The molecule has 1 fully saturated rings. The maximum Gasteiger partial charge on any atom is 0.322 e. The molecule has 1 heterocycles. The third-order valence-corrected chi connectivity index (χ3v) is 4.24. The van der Waals surface area contributed by atoms with Crippen molar-refractivity contribution in [1.82, 2.24) is 4.90 Å². The first kappa shape index (κ1) is 15.8. The van der Waals surface area contributed by atoms with Gasteiger partial charge in [0.05, 0.1) is 6.42 Å². The summed E-state index contributed by atoms with van der Waals surface area (Å²) in [6.07, 6.45) is 1.60. The van der Waals surface area contributed by atoms with Crippen molar-refractivity contribution in [1.29, 1.82) is 0 Å². The van der Waals surface area contributed by atoms with Crippen molar-refractivity contribution in [3.63, 3.8) is 0 Å². The summed E-state index contributed by atoms with van der Waals surface area (Å²) in [5.74, 6) is -0.865. The quantitative estimate of drug-likeness (QED) is 0.871. The van der Waals surface area contributed by atoms with E-state index in [-0.39, 0.29) is 18.5 Å². The Morgan fingerprint density at radius 3 is 2.57 bits per heavy atom. The standard InChI is InChI=1S/C15H19BrN2O3/c1-9-6-11(16)7-10(2)14(9)17-15(21)18-5-3-4-12(18)8-13(19)20/h6-7,12H,3-5,8H2,1-2H3,(H,17,21)(H,19,20). The lowest BCUT2D eigenvalue weighted by molar-refractivity contribution is -0.137. The minimum absolute atomic E-state index is 0.00568. The van der Waals surface area contributed by atoms with E-state index in [0.717, 1.165) is 34.1 Å². The van der Waals surface area contributed by atoms with Gasteiger partial charge in [-0.2, -0.15) is 0 Å². The van der Waals surface area contributed by atoms with E-state index in [1.165, 1.54) is 0 Å². The lowest BCUT2D eigenvalue weighted by Gasteiger charge is -2.25. The molecule has 0 aliphatic carbocycles. The predicted molar refractivity (Wildman–Crippen MR) is 84.6 cm³/mol. The van der Waals surface area contributed by atoms with E-state index in [9.17, 15) is 9.59 Å². The minimum Gasteiger partial charge on any atom is -0.481 e. The highest BCUT2D eigenvalue weighted by Gasteiger charge is 2.30. The van der Waals surface area contributed by atoms with Gasteiger partial charge in [0.25, 0.3) is 0 Å². The highest BCUT2D eigenvalue weighted by molar-refractivity contribution is 9.10. The van der Waals surface area contributed by atoms with Crippen LogP contribution in [0.25, 0.3) is 0 Å². The van der Waals surface area contributed by atoms with E-state index in [2.05, 4.69) is 21.2 Å². The molecule has 2 amide bonds. The first-order valence-corrected chi connectivity index (χ1v) is 7.74. The first-order chi connectivity index (χ1) is 9.88. The lowest BCUT2D eigenvalue weighted by Crippen LogP contribution is -2.40. The van der Waals surface area contributed by atoms with Crippen LogP contribution in [-0.2, 0) is 4.79 Å². The normalized spacial score (nSPS) is 17.9. The van der Waals surface area contributed by atoms with E-state index in [0.29, 0.717) is 6.54 Å². The average Bonchev–Trinajstić information content (AvgIpc) is 2.80. The summed E-state index contributed by atoms with van der Waals surface area (Å²) in [5.41, 5.74) is 2.75. The summed E-state index contributed by atoms with van der Waals surface area (Å²) >= 11 is 3.43. The molecule has 1 atom stereocenters. The Bertz CT molecular complexity index is 551. The van der Waals surface area contributed by atoms with Crippen molar-refractivity contribution in [2.75, 3.05) is 11.9 Å². The van der Waals surface area contributed by atoms with Crippen molar-refractivity contribution in [2.45, 2.75) is 39.2 Å². The van der Waals surface area contributed by atoms with Crippen molar-refractivity contribution in [3.8, 4) is 0 Å². The van der Waals surface area contributed by atoms with Crippen LogP contribution in [0.1, 0.15) is 30.4 Å². The van der Waals surface area contributed by atoms with Crippen molar-refractivity contribution in [2.24, 2.45) is 0 Å². The number of aryl methyl sites for hydroxylation is 2. The number of rotatable bonds is 3. The molecular weight excluding hydrogens is 336 g/mol. The molecule has 21 heavy (non-hydrogen) atoms. The molecule has 1 aliphatic heterocycles. The summed E-state index contributed by atoms with van der Waals surface area (Å²) in [7, 11) is 0. The Kier molecular flexibility index (Phi) is 4.88. The number of nitrogens with zero attached hydrogens (tertiary/aromatic N) is 1. The van der Waals surface area contributed by atoms with Gasteiger partial charge in [0.1, 0.15) is 0 Å². The zero-order valence-electron chi connectivity index (χ0n) is 12.1. The number of carboxylic acids is 1. The second kappa shape index (κ2) is 6.47. The number of urea groups is 1. The van der Waals surface area contributed by atoms with E-state index in [1.54, 1.807) is 4.90 Å². The number of aliphatic carboxylic acids is 1. The fraction of sp³-hybridized carbons (Fsp3) is 0.467. The molecule has 0 spiro atoms. The molecular formula is C15H19BrN2O3. The monoisotopic (exact) mass is 354 g/mol. The van der Waals surface area contributed by atoms with Crippen LogP contribution in [0.3, 0.4) is 0 Å². The molecule has 0 saturated carbocycles. The van der Waals surface area contributed by atoms with Gasteiger partial charge in [0.15, 0.2) is 0 Å². The second-order valence-corrected chi connectivity index (χ2v) is 6.35. The van der Waals surface area contributed by atoms with E-state index >= 15 is 0 Å². The van der Waals surface area contributed by atoms with Crippen LogP contribution < -0.4 is 5.32 Å². The third-order valence-electron chi connectivity index (χ3n) is 3.78. The van der Waals surface area contributed by atoms with Crippen molar-refractivity contribution in [3.05, 3.63) is 27.7 Å². The minimum atomic E-state index is -0.865. The Morgan fingerprint density at radius 1 is 1.38 bits per heavy atom. The van der Waals surface area contributed by atoms with Gasteiger partial charge < -0.3 is 15.3 Å². The van der Waals surface area contributed by atoms with Crippen LogP contribution in [0.15, 0.2) is 16.6 Å². The molecule has 1 unspecified atom stereocenters. The first-order valence-electron chi connectivity index (χ1n) is 6.94. The van der Waals surface area contributed by atoms with Crippen molar-refractivity contribution >= 4 is 33.6 Å². The van der Waals surface area contributed by atoms with Gasteiger partial charge in [-0.25, -0.2) is 4.79 Å². The molecule has 1 aromatic carbocycles. The number of hydrogen-bond acceptors (Lipinski definition) is 2. The number of amides is 2. The smallest absolute Gasteiger partial charge is 0.322 e. The zero-order chi connectivity index (χ0) is 15.6. The lowest BCUT2D eigenvalue weighted by atomic mass is 10.1. The van der Waals surface area contributed by atoms with Crippen LogP contribution in [0.5, 0.6) is 0 Å². The van der Waals surface area contributed by atoms with Gasteiger partial charge in [-0.1, -0.05) is 15.9 Å². The molecule has 0 aromatic heterocycles. The van der Waals surface area contributed by atoms with E-state index < -0.39 is 5.97 Å². The number of anilines is 1. The molecule has 1 saturated heterocycles. The number of hydrogen-bond donors (Lipinski definition) is 2. The molecule has 0 radical (unpaired) electrons. The number of carboxylic acid groups (broad SMARTS) is 1. The van der Waals surface area contributed by atoms with Gasteiger partial charge >= 0.3 is 12.0 Å². The van der Waals surface area contributed by atoms with Crippen LogP contribution in [0.4, 0.5) is 10.5 Å². The molecule has 1 aromatic rings. The number of carbonyl (C=O) groups excluding carboxylic acids is 1. The van der Waals surface area contributed by atoms with Gasteiger partial charge in [-0.15, -0.1) is 0 Å². The third kappa shape index (κ3) is 3.75. The molecule has 6 heteroatoms. The number of nitrogens with one attached hydrogen (secondary N) is 1. The summed E-state index contributed by atoms with van der Waals surface area (Å²) in [6, 6.07) is 3.47. The maximum atomic E-state index is 12.4.